The zero-order valence-electron chi connectivity index (χ0n) is 15.5. The number of nitrogens with zero attached hydrogens (tertiary/aromatic N) is 1. The molecule has 27 heavy (non-hydrogen) atoms. The molecule has 0 aliphatic carbocycles. The highest BCUT2D eigenvalue weighted by Gasteiger charge is 2.12. The van der Waals surface area contributed by atoms with E-state index in [-0.39, 0.29) is 12.5 Å². The molecule has 144 valence electrons. The van der Waals surface area contributed by atoms with Crippen molar-refractivity contribution in [3.8, 4) is 23.0 Å². The van der Waals surface area contributed by atoms with Crippen LogP contribution in [0, 0.1) is 6.92 Å². The Morgan fingerprint density at radius 3 is 2.30 bits per heavy atom. The van der Waals surface area contributed by atoms with Gasteiger partial charge in [0.25, 0.3) is 5.91 Å². The molecule has 7 nitrogen and oxygen atoms in total. The second-order valence-corrected chi connectivity index (χ2v) is 6.33. The van der Waals surface area contributed by atoms with Gasteiger partial charge in [0.1, 0.15) is 5.75 Å². The van der Waals surface area contributed by atoms with Gasteiger partial charge in [-0.05, 0) is 52.7 Å². The summed E-state index contributed by atoms with van der Waals surface area (Å²) in [5.41, 5.74) is 4.18. The number of carbonyl (C=O) groups is 1. The highest BCUT2D eigenvalue weighted by Crippen LogP contribution is 2.37. The standard InChI is InChI=1S/C19H21BrN2O5/c1-12-5-6-15(14(20)7-12)27-11-18(23)22-21-10-13-8-16(24-2)19(26-4)17(9-13)25-3/h5-10H,11H2,1-4H3,(H,22,23). The van der Waals surface area contributed by atoms with E-state index in [0.717, 1.165) is 10.0 Å². The van der Waals surface area contributed by atoms with Crippen LogP contribution in [-0.2, 0) is 4.79 Å². The lowest BCUT2D eigenvalue weighted by atomic mass is 10.2. The van der Waals surface area contributed by atoms with Crippen molar-refractivity contribution in [1.82, 2.24) is 5.43 Å². The van der Waals surface area contributed by atoms with Crippen molar-refractivity contribution in [3.05, 3.63) is 45.9 Å². The van der Waals surface area contributed by atoms with Crippen LogP contribution < -0.4 is 24.4 Å². The minimum Gasteiger partial charge on any atom is -0.493 e. The van der Waals surface area contributed by atoms with E-state index in [0.29, 0.717) is 28.6 Å². The number of hydrazone groups is 1. The molecule has 0 aliphatic rings. The fourth-order valence-corrected chi connectivity index (χ4v) is 2.86. The van der Waals surface area contributed by atoms with Crippen molar-refractivity contribution in [2.45, 2.75) is 6.92 Å². The summed E-state index contributed by atoms with van der Waals surface area (Å²) in [5, 5.41) is 3.93. The first kappa shape index (κ1) is 20.6. The number of carbonyl (C=O) groups excluding carboxylic acids is 1. The molecule has 0 saturated heterocycles. The Hall–Kier alpha value is -2.74. The Morgan fingerprint density at radius 2 is 1.74 bits per heavy atom. The summed E-state index contributed by atoms with van der Waals surface area (Å²) in [6, 6.07) is 9.05. The molecule has 2 aromatic rings. The molecule has 0 fully saturated rings. The van der Waals surface area contributed by atoms with E-state index in [4.69, 9.17) is 18.9 Å². The third-order valence-corrected chi connectivity index (χ3v) is 4.16. The molecule has 8 heteroatoms. The van der Waals surface area contributed by atoms with E-state index in [1.165, 1.54) is 27.5 Å². The van der Waals surface area contributed by atoms with Crippen molar-refractivity contribution >= 4 is 28.1 Å². The van der Waals surface area contributed by atoms with Gasteiger partial charge < -0.3 is 18.9 Å². The number of halogens is 1. The molecule has 0 spiro atoms. The Balaban J connectivity index is 1.97. The molecule has 2 aromatic carbocycles. The molecular weight excluding hydrogens is 416 g/mol. The first-order chi connectivity index (χ1) is 13.0. The summed E-state index contributed by atoms with van der Waals surface area (Å²) in [6.07, 6.45) is 1.48. The maximum Gasteiger partial charge on any atom is 0.277 e. The molecule has 0 unspecified atom stereocenters. The number of rotatable bonds is 8. The maximum absolute atomic E-state index is 11.9. The molecule has 0 aliphatic heterocycles. The number of nitrogens with one attached hydrogen (secondary N) is 1. The van der Waals surface area contributed by atoms with Gasteiger partial charge in [0.15, 0.2) is 18.1 Å². The maximum atomic E-state index is 11.9. The third kappa shape index (κ3) is 5.62. The normalized spacial score (nSPS) is 10.6. The van der Waals surface area contributed by atoms with Crippen LogP contribution >= 0.6 is 15.9 Å². The zero-order valence-corrected chi connectivity index (χ0v) is 17.1. The average molecular weight is 437 g/mol. The molecule has 0 saturated carbocycles. The van der Waals surface area contributed by atoms with Crippen molar-refractivity contribution in [3.63, 3.8) is 0 Å². The predicted octanol–water partition coefficient (Wildman–Crippen LogP) is 3.31. The van der Waals surface area contributed by atoms with Crippen molar-refractivity contribution in [2.24, 2.45) is 5.10 Å². The largest absolute Gasteiger partial charge is 0.493 e. The second-order valence-electron chi connectivity index (χ2n) is 5.47. The Kier molecular flexibility index (Phi) is 7.48. The van der Waals surface area contributed by atoms with E-state index in [2.05, 4.69) is 26.5 Å². The second kappa shape index (κ2) is 9.82. The Bertz CT molecular complexity index is 814. The van der Waals surface area contributed by atoms with E-state index in [9.17, 15) is 4.79 Å². The minimum absolute atomic E-state index is 0.158. The van der Waals surface area contributed by atoms with Crippen LogP contribution in [-0.4, -0.2) is 40.1 Å². The van der Waals surface area contributed by atoms with Gasteiger partial charge in [-0.1, -0.05) is 6.07 Å². The van der Waals surface area contributed by atoms with Gasteiger partial charge in [-0.25, -0.2) is 5.43 Å². The number of ether oxygens (including phenoxy) is 4. The molecule has 0 atom stereocenters. The van der Waals surface area contributed by atoms with Crippen LogP contribution in [0.5, 0.6) is 23.0 Å². The average Bonchev–Trinajstić information content (AvgIpc) is 2.66. The Labute approximate surface area is 166 Å². The molecule has 2 rings (SSSR count). The summed E-state index contributed by atoms with van der Waals surface area (Å²) >= 11 is 3.40. The first-order valence-corrected chi connectivity index (χ1v) is 8.78. The molecule has 0 radical (unpaired) electrons. The SMILES string of the molecule is COc1cc(C=NNC(=O)COc2ccc(C)cc2Br)cc(OC)c1OC. The van der Waals surface area contributed by atoms with E-state index in [1.807, 2.05) is 19.1 Å². The van der Waals surface area contributed by atoms with Crippen LogP contribution in [0.2, 0.25) is 0 Å². The highest BCUT2D eigenvalue weighted by molar-refractivity contribution is 9.10. The lowest BCUT2D eigenvalue weighted by molar-refractivity contribution is -0.123. The fourth-order valence-electron chi connectivity index (χ4n) is 2.25. The fraction of sp³-hybridized carbons (Fsp3) is 0.263. The van der Waals surface area contributed by atoms with Gasteiger partial charge in [0.2, 0.25) is 5.75 Å². The smallest absolute Gasteiger partial charge is 0.277 e. The first-order valence-electron chi connectivity index (χ1n) is 7.99. The van der Waals surface area contributed by atoms with Gasteiger partial charge in [0.05, 0.1) is 32.0 Å². The van der Waals surface area contributed by atoms with E-state index < -0.39 is 0 Å². The molecule has 0 heterocycles. The Morgan fingerprint density at radius 1 is 1.07 bits per heavy atom. The summed E-state index contributed by atoms with van der Waals surface area (Å²) < 4.78 is 22.1. The van der Waals surface area contributed by atoms with Crippen molar-refractivity contribution in [2.75, 3.05) is 27.9 Å². The third-order valence-electron chi connectivity index (χ3n) is 3.54. The molecule has 0 bridgehead atoms. The van der Waals surface area contributed by atoms with Crippen LogP contribution in [0.15, 0.2) is 39.9 Å². The zero-order chi connectivity index (χ0) is 19.8. The van der Waals surface area contributed by atoms with Crippen LogP contribution in [0.4, 0.5) is 0 Å². The number of benzene rings is 2. The van der Waals surface area contributed by atoms with Crippen molar-refractivity contribution < 1.29 is 23.7 Å². The predicted molar refractivity (Wildman–Crippen MR) is 106 cm³/mol. The van der Waals surface area contributed by atoms with Gasteiger partial charge in [0, 0.05) is 5.56 Å². The molecular formula is C19H21BrN2O5. The van der Waals surface area contributed by atoms with Gasteiger partial charge in [-0.15, -0.1) is 0 Å². The number of amides is 1. The van der Waals surface area contributed by atoms with Gasteiger partial charge in [-0.2, -0.15) is 5.10 Å². The van der Waals surface area contributed by atoms with Crippen LogP contribution in [0.25, 0.3) is 0 Å². The highest BCUT2D eigenvalue weighted by atomic mass is 79.9. The molecule has 1 N–H and O–H groups in total. The minimum atomic E-state index is -0.383. The quantitative estimate of drug-likeness (QED) is 0.507. The number of hydrogen-bond acceptors (Lipinski definition) is 6. The monoisotopic (exact) mass is 436 g/mol. The number of aryl methyl sites for hydroxylation is 1. The molecule has 0 aromatic heterocycles. The summed E-state index contributed by atoms with van der Waals surface area (Å²) in [4.78, 5) is 11.9. The van der Waals surface area contributed by atoms with Crippen LogP contribution in [0.1, 0.15) is 11.1 Å². The lowest BCUT2D eigenvalue weighted by Gasteiger charge is -2.12. The lowest BCUT2D eigenvalue weighted by Crippen LogP contribution is -2.24. The van der Waals surface area contributed by atoms with Gasteiger partial charge in [-0.3, -0.25) is 4.79 Å². The summed E-state index contributed by atoms with van der Waals surface area (Å²) in [7, 11) is 4.59. The molecule has 1 amide bonds. The van der Waals surface area contributed by atoms with Crippen molar-refractivity contribution in [1.29, 1.82) is 0 Å². The summed E-state index contributed by atoms with van der Waals surface area (Å²) in [6.45, 7) is 1.81. The number of methoxy groups -OCH3 is 3. The van der Waals surface area contributed by atoms with E-state index in [1.54, 1.807) is 18.2 Å². The summed E-state index contributed by atoms with van der Waals surface area (Å²) in [5.74, 6) is 1.68. The van der Waals surface area contributed by atoms with E-state index >= 15 is 0 Å². The topological polar surface area (TPSA) is 78.4 Å². The van der Waals surface area contributed by atoms with Gasteiger partial charge >= 0.3 is 0 Å². The van der Waals surface area contributed by atoms with Crippen LogP contribution in [0.3, 0.4) is 0 Å². The number of hydrogen-bond donors (Lipinski definition) is 1.